The number of aromatic amines is 1. The highest BCUT2D eigenvalue weighted by Gasteiger charge is 2.13. The summed E-state index contributed by atoms with van der Waals surface area (Å²) in [5.74, 6) is 1.16. The third-order valence-corrected chi connectivity index (χ3v) is 5.99. The van der Waals surface area contributed by atoms with Crippen LogP contribution in [0, 0.1) is 5.92 Å². The molecule has 174 valence electrons. The summed E-state index contributed by atoms with van der Waals surface area (Å²) < 4.78 is 0. The van der Waals surface area contributed by atoms with Gasteiger partial charge in [0.25, 0.3) is 0 Å². The average Bonchev–Trinajstić information content (AvgIpc) is 3.28. The summed E-state index contributed by atoms with van der Waals surface area (Å²) in [5, 5.41) is 3.34. The molecule has 0 spiro atoms. The molecule has 0 saturated heterocycles. The molecule has 4 aromatic heterocycles. The molecule has 4 N–H and O–H groups in total. The Morgan fingerprint density at radius 2 is 1.80 bits per heavy atom. The van der Waals surface area contributed by atoms with E-state index < -0.39 is 0 Å². The van der Waals surface area contributed by atoms with E-state index in [0.29, 0.717) is 12.3 Å². The van der Waals surface area contributed by atoms with E-state index in [9.17, 15) is 0 Å². The van der Waals surface area contributed by atoms with Gasteiger partial charge in [0.2, 0.25) is 0 Å². The van der Waals surface area contributed by atoms with Gasteiger partial charge in [-0.15, -0.1) is 0 Å². The molecule has 0 aliphatic carbocycles. The monoisotopic (exact) mass is 461 g/mol. The smallest absolute Gasteiger partial charge is 0.111 e. The van der Waals surface area contributed by atoms with E-state index in [1.165, 1.54) is 0 Å². The van der Waals surface area contributed by atoms with Crippen molar-refractivity contribution in [2.24, 2.45) is 5.92 Å². The highest BCUT2D eigenvalue weighted by atomic mass is 14.9. The fourth-order valence-corrected chi connectivity index (χ4v) is 3.92. The zero-order chi connectivity index (χ0) is 24.4. The summed E-state index contributed by atoms with van der Waals surface area (Å²) in [5.41, 5.74) is 15.6. The Balaban J connectivity index is 1.45. The van der Waals surface area contributed by atoms with Crippen molar-refractivity contribution in [3.05, 3.63) is 97.2 Å². The molecule has 0 saturated carbocycles. The zero-order valence-corrected chi connectivity index (χ0v) is 19.8. The number of fused-ring (bicyclic) bond motifs is 1. The molecule has 0 aliphatic rings. The van der Waals surface area contributed by atoms with E-state index in [2.05, 4.69) is 57.8 Å². The summed E-state index contributed by atoms with van der Waals surface area (Å²) in [7, 11) is 0. The molecule has 4 heterocycles. The molecule has 0 unspecified atom stereocenters. The predicted molar refractivity (Wildman–Crippen MR) is 142 cm³/mol. The van der Waals surface area contributed by atoms with Crippen LogP contribution in [0.5, 0.6) is 0 Å². The van der Waals surface area contributed by atoms with Gasteiger partial charge >= 0.3 is 0 Å². The van der Waals surface area contributed by atoms with Gasteiger partial charge in [0.05, 0.1) is 29.1 Å². The molecule has 0 aliphatic heterocycles. The number of imidazole rings is 1. The van der Waals surface area contributed by atoms with Gasteiger partial charge < -0.3 is 16.0 Å². The fourth-order valence-electron chi connectivity index (χ4n) is 3.92. The van der Waals surface area contributed by atoms with Crippen LogP contribution in [0.4, 0.5) is 11.4 Å². The van der Waals surface area contributed by atoms with Crippen LogP contribution in [0.25, 0.3) is 33.3 Å². The molecule has 0 fully saturated rings. The molecule has 0 atom stereocenters. The van der Waals surface area contributed by atoms with Gasteiger partial charge in [0, 0.05) is 59.3 Å². The highest BCUT2D eigenvalue weighted by molar-refractivity contribution is 5.90. The van der Waals surface area contributed by atoms with E-state index in [1.54, 1.807) is 18.6 Å². The van der Waals surface area contributed by atoms with Crippen molar-refractivity contribution in [1.29, 1.82) is 0 Å². The summed E-state index contributed by atoms with van der Waals surface area (Å²) in [6, 6.07) is 12.0. The Kier molecular flexibility index (Phi) is 5.97. The third kappa shape index (κ3) is 4.75. The molecule has 5 rings (SSSR count). The van der Waals surface area contributed by atoms with Crippen LogP contribution in [0.2, 0.25) is 0 Å². The van der Waals surface area contributed by atoms with Crippen LogP contribution in [-0.4, -0.2) is 24.9 Å². The molecule has 0 bridgehead atoms. The average molecular weight is 462 g/mol. The topological polar surface area (TPSA) is 105 Å². The Morgan fingerprint density at radius 3 is 2.60 bits per heavy atom. The van der Waals surface area contributed by atoms with Crippen LogP contribution >= 0.6 is 0 Å². The van der Waals surface area contributed by atoms with Crippen molar-refractivity contribution >= 4 is 22.4 Å². The summed E-state index contributed by atoms with van der Waals surface area (Å²) >= 11 is 0. The predicted octanol–water partition coefficient (Wildman–Crippen LogP) is 5.84. The number of rotatable bonds is 7. The Bertz CT molecular complexity index is 1500. The minimum Gasteiger partial charge on any atom is -0.398 e. The first-order valence-electron chi connectivity index (χ1n) is 11.5. The van der Waals surface area contributed by atoms with E-state index in [0.717, 1.165) is 61.7 Å². The Hall–Kier alpha value is -4.52. The maximum atomic E-state index is 6.36. The number of nitrogens with two attached hydrogens (primary N) is 1. The SMILES string of the molecule is C=C(Nc1cncc(-c2ccc(N)c(Cc3nc4c(-c5cccnc5)cncc4[nH]3)c2)c1)C(C)C. The number of nitrogens with one attached hydrogen (secondary N) is 2. The zero-order valence-electron chi connectivity index (χ0n) is 19.8. The number of H-pyrrole nitrogens is 1. The molecule has 0 radical (unpaired) electrons. The molecule has 1 aromatic carbocycles. The fraction of sp³-hybridized carbons (Fsp3) is 0.143. The number of aromatic nitrogens is 5. The van der Waals surface area contributed by atoms with Crippen LogP contribution in [-0.2, 0) is 6.42 Å². The molecule has 0 amide bonds. The van der Waals surface area contributed by atoms with Gasteiger partial charge in [-0.05, 0) is 41.3 Å². The van der Waals surface area contributed by atoms with Crippen LogP contribution in [0.15, 0.2) is 85.9 Å². The third-order valence-electron chi connectivity index (χ3n) is 5.99. The second-order valence-corrected chi connectivity index (χ2v) is 8.87. The van der Waals surface area contributed by atoms with Gasteiger partial charge in [0.1, 0.15) is 5.82 Å². The van der Waals surface area contributed by atoms with Gasteiger partial charge in [-0.1, -0.05) is 32.6 Å². The van der Waals surface area contributed by atoms with E-state index in [-0.39, 0.29) is 0 Å². The first-order valence-corrected chi connectivity index (χ1v) is 11.5. The number of nitrogens with zero attached hydrogens (tertiary/aromatic N) is 4. The molecule has 5 aromatic rings. The standard InChI is InChI=1S/C28H27N7/c1-17(2)18(3)33-23-10-22(13-31-14-23)19-6-7-25(29)21(9-19)11-27-34-26-16-32-15-24(28(26)35-27)20-5-4-8-30-12-20/h4-10,12-17,33H,3,11,29H2,1-2H3,(H,34,35). The Morgan fingerprint density at radius 1 is 0.971 bits per heavy atom. The quantitative estimate of drug-likeness (QED) is 0.263. The minimum atomic E-state index is 0.333. The molecule has 7 nitrogen and oxygen atoms in total. The molecule has 35 heavy (non-hydrogen) atoms. The van der Waals surface area contributed by atoms with Crippen molar-refractivity contribution in [1.82, 2.24) is 24.9 Å². The first-order chi connectivity index (χ1) is 17.0. The largest absolute Gasteiger partial charge is 0.398 e. The summed E-state index contributed by atoms with van der Waals surface area (Å²) in [4.78, 5) is 21.3. The van der Waals surface area contributed by atoms with Crippen LogP contribution in [0.1, 0.15) is 25.2 Å². The molecular formula is C28H27N7. The number of anilines is 2. The van der Waals surface area contributed by atoms with E-state index in [4.69, 9.17) is 10.7 Å². The first kappa shape index (κ1) is 22.3. The minimum absolute atomic E-state index is 0.333. The molecule has 7 heteroatoms. The highest BCUT2D eigenvalue weighted by Crippen LogP contribution is 2.29. The number of pyridine rings is 3. The van der Waals surface area contributed by atoms with Gasteiger partial charge in [-0.25, -0.2) is 4.98 Å². The lowest BCUT2D eigenvalue weighted by atomic mass is 10.0. The van der Waals surface area contributed by atoms with Gasteiger partial charge in [-0.3, -0.25) is 15.0 Å². The lowest BCUT2D eigenvalue weighted by molar-refractivity contribution is 0.778. The second-order valence-electron chi connectivity index (χ2n) is 8.87. The second kappa shape index (κ2) is 9.38. The maximum Gasteiger partial charge on any atom is 0.111 e. The lowest BCUT2D eigenvalue weighted by Gasteiger charge is -2.14. The summed E-state index contributed by atoms with van der Waals surface area (Å²) in [6.45, 7) is 8.30. The molecular weight excluding hydrogens is 434 g/mol. The lowest BCUT2D eigenvalue weighted by Crippen LogP contribution is -2.04. The van der Waals surface area contributed by atoms with Gasteiger partial charge in [0.15, 0.2) is 0 Å². The normalized spacial score (nSPS) is 11.2. The Labute approximate surface area is 204 Å². The van der Waals surface area contributed by atoms with Crippen molar-refractivity contribution in [2.45, 2.75) is 20.3 Å². The number of allylic oxidation sites excluding steroid dienone is 1. The summed E-state index contributed by atoms with van der Waals surface area (Å²) in [6.07, 6.45) is 11.4. The maximum absolute atomic E-state index is 6.36. The van der Waals surface area contributed by atoms with Crippen LogP contribution in [0.3, 0.4) is 0 Å². The van der Waals surface area contributed by atoms with Crippen molar-refractivity contribution < 1.29 is 0 Å². The van der Waals surface area contributed by atoms with Gasteiger partial charge in [-0.2, -0.15) is 0 Å². The number of benzene rings is 1. The van der Waals surface area contributed by atoms with Crippen molar-refractivity contribution in [3.63, 3.8) is 0 Å². The van der Waals surface area contributed by atoms with E-state index in [1.807, 2.05) is 42.9 Å². The van der Waals surface area contributed by atoms with Crippen molar-refractivity contribution in [2.75, 3.05) is 11.1 Å². The number of nitrogen functional groups attached to an aromatic ring is 1. The van der Waals surface area contributed by atoms with Crippen LogP contribution < -0.4 is 11.1 Å². The van der Waals surface area contributed by atoms with E-state index >= 15 is 0 Å². The number of hydrogen-bond acceptors (Lipinski definition) is 6. The van der Waals surface area contributed by atoms with Crippen molar-refractivity contribution in [3.8, 4) is 22.3 Å². The number of hydrogen-bond donors (Lipinski definition) is 3.